The van der Waals surface area contributed by atoms with Gasteiger partial charge in [-0.15, -0.1) is 0 Å². The van der Waals surface area contributed by atoms with Crippen LogP contribution in [0.1, 0.15) is 18.4 Å². The number of primary amides is 2. The number of phenols is 1. The molecule has 0 aromatic heterocycles. The quantitative estimate of drug-likeness (QED) is 0.141. The molecule has 0 spiro atoms. The van der Waals surface area contributed by atoms with Crippen molar-refractivity contribution in [3.8, 4) is 5.75 Å². The normalized spacial score (nSPS) is 13.1. The summed E-state index contributed by atoms with van der Waals surface area (Å²) in [5.74, 6) is -6.13. The number of carboxylic acids is 1. The number of carbonyl (C=O) groups is 6. The van der Waals surface area contributed by atoms with Gasteiger partial charge in [-0.05, 0) is 24.1 Å². The van der Waals surface area contributed by atoms with Crippen LogP contribution in [0, 0.1) is 0 Å². The summed E-state index contributed by atoms with van der Waals surface area (Å²) in [6.07, 6.45) is -1.26. The van der Waals surface area contributed by atoms with Crippen molar-refractivity contribution in [1.29, 1.82) is 0 Å². The van der Waals surface area contributed by atoms with Crippen LogP contribution in [0.3, 0.4) is 0 Å². The predicted octanol–water partition coefficient (Wildman–Crippen LogP) is -3.82. The number of rotatable bonds is 13. The molecule has 0 saturated carbocycles. The predicted molar refractivity (Wildman–Crippen MR) is 112 cm³/mol. The summed E-state index contributed by atoms with van der Waals surface area (Å²) in [5, 5.41) is 24.7. The standard InChI is InChI=1S/C19H26N6O8/c20-11(5-9-1-3-10(26)4-2-9)17(30)23-8-16(29)24-12(6-14(21)27)18(31)25-13(19(32)33)7-15(22)28/h1-4,11-13,26H,5-8,20H2,(H2,21,27)(H2,22,28)(H,23,30)(H,24,29)(H,25,31)(H,32,33). The first-order chi connectivity index (χ1) is 15.4. The number of hydrogen-bond donors (Lipinski definition) is 8. The number of carboxylic acid groups (broad SMARTS) is 1. The SMILES string of the molecule is NC(=O)CC(NC(=O)C(CC(N)=O)NC(=O)CNC(=O)C(N)Cc1ccc(O)cc1)C(=O)O. The van der Waals surface area contributed by atoms with Crippen LogP contribution in [-0.4, -0.2) is 70.4 Å². The van der Waals surface area contributed by atoms with Crippen molar-refractivity contribution in [3.63, 3.8) is 0 Å². The van der Waals surface area contributed by atoms with Crippen LogP contribution in [0.5, 0.6) is 5.75 Å². The van der Waals surface area contributed by atoms with Crippen LogP contribution in [0.25, 0.3) is 0 Å². The molecule has 0 aliphatic heterocycles. The lowest BCUT2D eigenvalue weighted by atomic mass is 10.1. The molecule has 0 aliphatic carbocycles. The minimum Gasteiger partial charge on any atom is -0.508 e. The summed E-state index contributed by atoms with van der Waals surface area (Å²) < 4.78 is 0. The number of aliphatic carboxylic acids is 1. The van der Waals surface area contributed by atoms with E-state index in [9.17, 15) is 33.9 Å². The number of amides is 5. The maximum Gasteiger partial charge on any atom is 0.326 e. The summed E-state index contributed by atoms with van der Waals surface area (Å²) in [6.45, 7) is -0.603. The Bertz CT molecular complexity index is 904. The van der Waals surface area contributed by atoms with Crippen molar-refractivity contribution in [2.45, 2.75) is 37.4 Å². The molecule has 180 valence electrons. The van der Waals surface area contributed by atoms with E-state index in [0.717, 1.165) is 0 Å². The van der Waals surface area contributed by atoms with Gasteiger partial charge < -0.3 is 43.4 Å². The van der Waals surface area contributed by atoms with Crippen molar-refractivity contribution in [3.05, 3.63) is 29.8 Å². The van der Waals surface area contributed by atoms with Crippen molar-refractivity contribution in [1.82, 2.24) is 16.0 Å². The summed E-state index contributed by atoms with van der Waals surface area (Å²) in [7, 11) is 0. The van der Waals surface area contributed by atoms with Gasteiger partial charge in [0.25, 0.3) is 0 Å². The van der Waals surface area contributed by atoms with Crippen molar-refractivity contribution >= 4 is 35.5 Å². The third-order valence-corrected chi connectivity index (χ3v) is 4.23. The van der Waals surface area contributed by atoms with Gasteiger partial charge in [-0.25, -0.2) is 4.79 Å². The van der Waals surface area contributed by atoms with E-state index in [1.54, 1.807) is 12.1 Å². The Balaban J connectivity index is 2.66. The third kappa shape index (κ3) is 10.1. The average Bonchev–Trinajstić information content (AvgIpc) is 2.71. The van der Waals surface area contributed by atoms with Crippen LogP contribution in [0.15, 0.2) is 24.3 Å². The number of phenolic OH excluding ortho intramolecular Hbond substituents is 1. The van der Waals surface area contributed by atoms with Gasteiger partial charge in [0.2, 0.25) is 29.5 Å². The molecule has 14 nitrogen and oxygen atoms in total. The minimum atomic E-state index is -1.68. The zero-order chi connectivity index (χ0) is 25.1. The summed E-state index contributed by atoms with van der Waals surface area (Å²) in [4.78, 5) is 69.9. The average molecular weight is 466 g/mol. The Hall–Kier alpha value is -4.20. The van der Waals surface area contributed by atoms with Gasteiger partial charge >= 0.3 is 5.97 Å². The Morgan fingerprint density at radius 3 is 1.91 bits per heavy atom. The Morgan fingerprint density at radius 2 is 1.39 bits per heavy atom. The van der Waals surface area contributed by atoms with Crippen molar-refractivity contribution in [2.24, 2.45) is 17.2 Å². The molecule has 33 heavy (non-hydrogen) atoms. The van der Waals surface area contributed by atoms with E-state index >= 15 is 0 Å². The van der Waals surface area contributed by atoms with E-state index in [-0.39, 0.29) is 12.2 Å². The second-order valence-corrected chi connectivity index (χ2v) is 7.06. The smallest absolute Gasteiger partial charge is 0.326 e. The fraction of sp³-hybridized carbons (Fsp3) is 0.368. The Labute approximate surface area is 187 Å². The summed E-state index contributed by atoms with van der Waals surface area (Å²) in [6, 6.07) is 1.74. The molecular formula is C19H26N6O8. The van der Waals surface area contributed by atoms with Gasteiger partial charge in [0.1, 0.15) is 17.8 Å². The highest BCUT2D eigenvalue weighted by Crippen LogP contribution is 2.10. The molecule has 14 heteroatoms. The summed E-state index contributed by atoms with van der Waals surface area (Å²) in [5.41, 5.74) is 16.4. The fourth-order valence-corrected chi connectivity index (χ4v) is 2.61. The zero-order valence-electron chi connectivity index (χ0n) is 17.4. The number of aromatic hydroxyl groups is 1. The number of benzene rings is 1. The number of nitrogens with two attached hydrogens (primary N) is 3. The van der Waals surface area contributed by atoms with Gasteiger partial charge in [-0.3, -0.25) is 24.0 Å². The molecule has 3 unspecified atom stereocenters. The molecule has 5 amide bonds. The molecule has 3 atom stereocenters. The van der Waals surface area contributed by atoms with E-state index in [4.69, 9.17) is 22.3 Å². The maximum atomic E-state index is 12.3. The van der Waals surface area contributed by atoms with Gasteiger partial charge in [0, 0.05) is 0 Å². The molecule has 1 rings (SSSR count). The molecule has 0 radical (unpaired) electrons. The first kappa shape index (κ1) is 26.8. The highest BCUT2D eigenvalue weighted by Gasteiger charge is 2.29. The number of hydrogen-bond acceptors (Lipinski definition) is 8. The molecule has 0 saturated heterocycles. The number of nitrogens with one attached hydrogen (secondary N) is 3. The molecule has 1 aromatic carbocycles. The zero-order valence-corrected chi connectivity index (χ0v) is 17.4. The third-order valence-electron chi connectivity index (χ3n) is 4.23. The van der Waals surface area contributed by atoms with Crippen LogP contribution in [-0.2, 0) is 35.2 Å². The van der Waals surface area contributed by atoms with Gasteiger partial charge in [0.15, 0.2) is 0 Å². The van der Waals surface area contributed by atoms with Crippen molar-refractivity contribution in [2.75, 3.05) is 6.54 Å². The second-order valence-electron chi connectivity index (χ2n) is 7.06. The molecule has 11 N–H and O–H groups in total. The summed E-state index contributed by atoms with van der Waals surface area (Å²) >= 11 is 0. The van der Waals surface area contributed by atoms with Crippen LogP contribution < -0.4 is 33.2 Å². The minimum absolute atomic E-state index is 0.0484. The van der Waals surface area contributed by atoms with E-state index < -0.39 is 73.0 Å². The monoisotopic (exact) mass is 466 g/mol. The molecule has 0 bridgehead atoms. The van der Waals surface area contributed by atoms with Gasteiger partial charge in [-0.1, -0.05) is 12.1 Å². The van der Waals surface area contributed by atoms with Crippen molar-refractivity contribution < 1.29 is 39.0 Å². The molecule has 0 heterocycles. The maximum absolute atomic E-state index is 12.3. The van der Waals surface area contributed by atoms with Crippen LogP contribution >= 0.6 is 0 Å². The molecular weight excluding hydrogens is 440 g/mol. The lowest BCUT2D eigenvalue weighted by Gasteiger charge is -2.20. The van der Waals surface area contributed by atoms with E-state index in [1.165, 1.54) is 12.1 Å². The van der Waals surface area contributed by atoms with Crippen LogP contribution in [0.2, 0.25) is 0 Å². The highest BCUT2D eigenvalue weighted by atomic mass is 16.4. The molecule has 0 fully saturated rings. The second kappa shape index (κ2) is 12.6. The largest absolute Gasteiger partial charge is 0.508 e. The van der Waals surface area contributed by atoms with Gasteiger partial charge in [-0.2, -0.15) is 0 Å². The van der Waals surface area contributed by atoms with Gasteiger partial charge in [0.05, 0.1) is 25.4 Å². The van der Waals surface area contributed by atoms with Crippen LogP contribution in [0.4, 0.5) is 0 Å². The Morgan fingerprint density at radius 1 is 0.848 bits per heavy atom. The lowest BCUT2D eigenvalue weighted by molar-refractivity contribution is -0.143. The van der Waals surface area contributed by atoms with E-state index in [0.29, 0.717) is 5.56 Å². The highest BCUT2D eigenvalue weighted by molar-refractivity contribution is 5.95. The van der Waals surface area contributed by atoms with E-state index in [2.05, 4.69) is 10.6 Å². The Kier molecular flexibility index (Phi) is 10.3. The number of carbonyl (C=O) groups excluding carboxylic acids is 5. The fourth-order valence-electron chi connectivity index (χ4n) is 2.61. The molecule has 0 aliphatic rings. The first-order valence-corrected chi connectivity index (χ1v) is 9.59. The van der Waals surface area contributed by atoms with E-state index in [1.807, 2.05) is 5.32 Å². The molecule has 1 aromatic rings. The topological polar surface area (TPSA) is 257 Å². The first-order valence-electron chi connectivity index (χ1n) is 9.59. The lowest BCUT2D eigenvalue weighted by Crippen LogP contribution is -2.55.